The van der Waals surface area contributed by atoms with E-state index in [2.05, 4.69) is 35.3 Å². The maximum absolute atomic E-state index is 3.98. The summed E-state index contributed by atoms with van der Waals surface area (Å²) in [5.74, 6) is 0. The Hall–Kier alpha value is -1.31. The van der Waals surface area contributed by atoms with Crippen LogP contribution in [0.4, 0.5) is 0 Å². The predicted molar refractivity (Wildman–Crippen MR) is 52.2 cm³/mol. The van der Waals surface area contributed by atoms with Gasteiger partial charge in [-0.2, -0.15) is 5.10 Å². The molecule has 0 aliphatic carbocycles. The third-order valence-corrected chi connectivity index (χ3v) is 2.05. The van der Waals surface area contributed by atoms with Gasteiger partial charge in [-0.1, -0.05) is 25.5 Å². The highest BCUT2D eigenvalue weighted by Gasteiger charge is 1.96. The number of hydrogen-bond donors (Lipinski definition) is 1. The third kappa shape index (κ3) is 1.20. The van der Waals surface area contributed by atoms with Crippen LogP contribution in [0.1, 0.15) is 20.3 Å². The number of nitrogens with zero attached hydrogens (tertiary/aromatic N) is 1. The maximum Gasteiger partial charge on any atom is 0.0653 e. The summed E-state index contributed by atoms with van der Waals surface area (Å²) in [6.45, 7) is 2.19. The summed E-state index contributed by atoms with van der Waals surface area (Å²) in [6, 6.07) is 6.46. The summed E-state index contributed by atoms with van der Waals surface area (Å²) in [6.07, 6.45) is 4.19. The molecule has 0 atom stereocenters. The molecule has 64 valence electrons. The van der Waals surface area contributed by atoms with Crippen LogP contribution in [0.5, 0.6) is 0 Å². The van der Waals surface area contributed by atoms with Gasteiger partial charge in [0.2, 0.25) is 0 Å². The van der Waals surface area contributed by atoms with Crippen molar-refractivity contribution in [2.45, 2.75) is 19.8 Å². The van der Waals surface area contributed by atoms with Crippen molar-refractivity contribution in [1.82, 2.24) is 10.2 Å². The van der Waals surface area contributed by atoms with E-state index in [0.29, 0.717) is 0 Å². The average molecular weight is 162 g/mol. The number of aromatic amines is 1. The van der Waals surface area contributed by atoms with Gasteiger partial charge < -0.3 is 0 Å². The summed E-state index contributed by atoms with van der Waals surface area (Å²) in [5.41, 5.74) is 2.52. The van der Waals surface area contributed by atoms with Crippen LogP contribution in [0.15, 0.2) is 24.4 Å². The zero-order valence-corrected chi connectivity index (χ0v) is 7.17. The number of aromatic nitrogens is 2. The van der Waals surface area contributed by atoms with E-state index in [0.717, 1.165) is 11.9 Å². The lowest BCUT2D eigenvalue weighted by Crippen LogP contribution is -1.81. The highest BCUT2D eigenvalue weighted by Crippen LogP contribution is 2.13. The van der Waals surface area contributed by atoms with Crippen LogP contribution in [0.2, 0.25) is 0 Å². The molecule has 2 rings (SSSR count). The third-order valence-electron chi connectivity index (χ3n) is 2.05. The Morgan fingerprint density at radius 2 is 2.42 bits per heavy atom. The summed E-state index contributed by atoms with van der Waals surface area (Å²) in [4.78, 5) is 0. The second kappa shape index (κ2) is 2.97. The first-order valence-corrected chi connectivity index (χ1v) is 4.32. The minimum absolute atomic E-state index is 0. The molecule has 0 fully saturated rings. The monoisotopic (exact) mass is 162 g/mol. The van der Waals surface area contributed by atoms with Crippen LogP contribution < -0.4 is 0 Å². The van der Waals surface area contributed by atoms with Crippen molar-refractivity contribution in [1.29, 1.82) is 0 Å². The normalized spacial score (nSPS) is 10.8. The first-order valence-electron chi connectivity index (χ1n) is 4.32. The molecule has 0 saturated heterocycles. The standard InChI is InChI=1S/C10H12N2.H2/c1-2-3-8-4-5-9-7-11-12-10(9)6-8;/h4-7H,2-3H2,1H3,(H,11,12);1H. The molecule has 1 N–H and O–H groups in total. The van der Waals surface area contributed by atoms with Crippen LogP contribution in [0.3, 0.4) is 0 Å². The number of rotatable bonds is 2. The van der Waals surface area contributed by atoms with Crippen molar-refractivity contribution in [2.75, 3.05) is 0 Å². The molecule has 2 aromatic rings. The summed E-state index contributed by atoms with van der Waals surface area (Å²) >= 11 is 0. The second-order valence-electron chi connectivity index (χ2n) is 3.04. The zero-order valence-electron chi connectivity index (χ0n) is 7.17. The molecule has 0 spiro atoms. The second-order valence-corrected chi connectivity index (χ2v) is 3.04. The van der Waals surface area contributed by atoms with E-state index in [9.17, 15) is 0 Å². The van der Waals surface area contributed by atoms with Gasteiger partial charge in [-0.3, -0.25) is 5.10 Å². The molecule has 0 saturated carbocycles. The first kappa shape index (κ1) is 7.35. The fourth-order valence-corrected chi connectivity index (χ4v) is 1.43. The Kier molecular flexibility index (Phi) is 1.82. The van der Waals surface area contributed by atoms with Crippen molar-refractivity contribution >= 4 is 10.9 Å². The lowest BCUT2D eigenvalue weighted by Gasteiger charge is -1.96. The summed E-state index contributed by atoms with van der Waals surface area (Å²) < 4.78 is 0. The molecular weight excluding hydrogens is 148 g/mol. The molecule has 0 unspecified atom stereocenters. The molecular formula is C10H14N2. The molecule has 2 nitrogen and oxygen atoms in total. The Morgan fingerprint density at radius 1 is 1.50 bits per heavy atom. The van der Waals surface area contributed by atoms with Crippen molar-refractivity contribution in [3.05, 3.63) is 30.0 Å². The molecule has 0 radical (unpaired) electrons. The van der Waals surface area contributed by atoms with Gasteiger partial charge in [0.1, 0.15) is 0 Å². The van der Waals surface area contributed by atoms with Crippen molar-refractivity contribution in [2.24, 2.45) is 0 Å². The molecule has 2 heteroatoms. The van der Waals surface area contributed by atoms with Gasteiger partial charge in [-0.15, -0.1) is 0 Å². The largest absolute Gasteiger partial charge is 0.278 e. The van der Waals surface area contributed by atoms with Crippen molar-refractivity contribution in [3.63, 3.8) is 0 Å². The highest BCUT2D eigenvalue weighted by molar-refractivity contribution is 5.78. The van der Waals surface area contributed by atoms with Gasteiger partial charge >= 0.3 is 0 Å². The minimum atomic E-state index is 0. The Balaban J connectivity index is 0.000000845. The summed E-state index contributed by atoms with van der Waals surface area (Å²) in [5, 5.41) is 8.14. The van der Waals surface area contributed by atoms with Crippen LogP contribution in [0, 0.1) is 0 Å². The van der Waals surface area contributed by atoms with E-state index in [1.54, 1.807) is 0 Å². The molecule has 0 aliphatic rings. The van der Waals surface area contributed by atoms with Crippen LogP contribution in [-0.4, -0.2) is 10.2 Å². The first-order chi connectivity index (χ1) is 5.90. The quantitative estimate of drug-likeness (QED) is 0.722. The minimum Gasteiger partial charge on any atom is -0.278 e. The highest BCUT2D eigenvalue weighted by atomic mass is 15.1. The van der Waals surface area contributed by atoms with Gasteiger partial charge in [0.05, 0.1) is 11.7 Å². The molecule has 1 aromatic heterocycles. The zero-order chi connectivity index (χ0) is 8.39. The fraction of sp³-hybridized carbons (Fsp3) is 0.300. The SMILES string of the molecule is CCCc1ccc2cn[nH]c2c1.[HH]. The Morgan fingerprint density at radius 3 is 3.25 bits per heavy atom. The number of benzene rings is 1. The maximum atomic E-state index is 3.98. The average Bonchev–Trinajstić information content (AvgIpc) is 2.51. The lowest BCUT2D eigenvalue weighted by atomic mass is 10.1. The summed E-state index contributed by atoms with van der Waals surface area (Å²) in [7, 11) is 0. The van der Waals surface area contributed by atoms with Gasteiger partial charge in [0.15, 0.2) is 0 Å². The number of nitrogens with one attached hydrogen (secondary N) is 1. The molecule has 0 bridgehead atoms. The number of H-pyrrole nitrogens is 1. The van der Waals surface area contributed by atoms with E-state index in [4.69, 9.17) is 0 Å². The number of fused-ring (bicyclic) bond motifs is 1. The van der Waals surface area contributed by atoms with Gasteiger partial charge in [0, 0.05) is 6.81 Å². The van der Waals surface area contributed by atoms with E-state index in [-0.39, 0.29) is 1.43 Å². The molecule has 12 heavy (non-hydrogen) atoms. The Bertz CT molecular complexity index is 381. The van der Waals surface area contributed by atoms with Gasteiger partial charge in [-0.25, -0.2) is 0 Å². The molecule has 0 aliphatic heterocycles. The number of aryl methyl sites for hydroxylation is 1. The van der Waals surface area contributed by atoms with Gasteiger partial charge in [0.25, 0.3) is 0 Å². The number of hydrogen-bond acceptors (Lipinski definition) is 1. The van der Waals surface area contributed by atoms with Crippen molar-refractivity contribution < 1.29 is 1.43 Å². The van der Waals surface area contributed by atoms with Crippen LogP contribution in [-0.2, 0) is 6.42 Å². The lowest BCUT2D eigenvalue weighted by molar-refractivity contribution is 0.923. The van der Waals surface area contributed by atoms with E-state index in [1.807, 2.05) is 6.20 Å². The molecule has 1 heterocycles. The Labute approximate surface area is 73.1 Å². The van der Waals surface area contributed by atoms with Crippen LogP contribution in [0.25, 0.3) is 10.9 Å². The fourth-order valence-electron chi connectivity index (χ4n) is 1.43. The van der Waals surface area contributed by atoms with Crippen LogP contribution >= 0.6 is 0 Å². The topological polar surface area (TPSA) is 28.7 Å². The smallest absolute Gasteiger partial charge is 0.0653 e. The molecule has 1 aromatic carbocycles. The van der Waals surface area contributed by atoms with E-state index in [1.165, 1.54) is 17.4 Å². The van der Waals surface area contributed by atoms with Crippen molar-refractivity contribution in [3.8, 4) is 0 Å². The predicted octanol–water partition coefficient (Wildman–Crippen LogP) is 2.76. The molecule has 0 amide bonds. The van der Waals surface area contributed by atoms with E-state index >= 15 is 0 Å². The van der Waals surface area contributed by atoms with Gasteiger partial charge in [-0.05, 0) is 18.1 Å². The van der Waals surface area contributed by atoms with E-state index < -0.39 is 0 Å².